The van der Waals surface area contributed by atoms with Crippen molar-refractivity contribution >= 4 is 16.9 Å². The van der Waals surface area contributed by atoms with E-state index in [1.165, 1.54) is 11.1 Å². The lowest BCUT2D eigenvalue weighted by Crippen LogP contribution is -2.00. The quantitative estimate of drug-likeness (QED) is 0.138. The molecule has 0 aliphatic heterocycles. The van der Waals surface area contributed by atoms with Gasteiger partial charge < -0.3 is 15.5 Å². The van der Waals surface area contributed by atoms with Gasteiger partial charge in [-0.15, -0.1) is 0 Å². The van der Waals surface area contributed by atoms with Crippen LogP contribution in [0, 0.1) is 0 Å². The third-order valence-electron chi connectivity index (χ3n) is 10.9. The summed E-state index contributed by atoms with van der Waals surface area (Å²) >= 11 is 0. The fraction of sp³-hybridized carbons (Fsp3) is 0.0370. The van der Waals surface area contributed by atoms with E-state index in [-0.39, 0.29) is 11.7 Å². The van der Waals surface area contributed by atoms with Crippen molar-refractivity contribution < 1.29 is 10.2 Å². The van der Waals surface area contributed by atoms with Crippen molar-refractivity contribution in [1.82, 2.24) is 0 Å². The maximum absolute atomic E-state index is 12.3. The Morgan fingerprint density at radius 3 is 1.75 bits per heavy atom. The highest BCUT2D eigenvalue weighted by Gasteiger charge is 2.20. The third kappa shape index (κ3) is 7.39. The second-order valence-corrected chi connectivity index (χ2v) is 14.4. The Kier molecular flexibility index (Phi) is 9.79. The number of rotatable bonds is 9. The van der Waals surface area contributed by atoms with Crippen molar-refractivity contribution in [1.29, 1.82) is 0 Å². The molecule has 1 aliphatic carbocycles. The molecule has 9 rings (SSSR count). The lowest BCUT2D eigenvalue weighted by atomic mass is 9.87. The number of hydrogen-bond donors (Lipinski definition) is 3. The van der Waals surface area contributed by atoms with Crippen LogP contribution >= 0.6 is 0 Å². The molecule has 0 spiro atoms. The number of allylic oxidation sites excluding steroid dienone is 4. The fourth-order valence-corrected chi connectivity index (χ4v) is 7.92. The normalized spacial score (nSPS) is 13.5. The molecule has 0 fully saturated rings. The zero-order valence-electron chi connectivity index (χ0n) is 31.4. The minimum Gasteiger partial charge on any atom is -0.508 e. The maximum Gasteiger partial charge on any atom is 0.133 e. The Balaban J connectivity index is 1.07. The molecule has 0 amide bonds. The van der Waals surface area contributed by atoms with Gasteiger partial charge in [0.05, 0.1) is 5.69 Å². The molecule has 3 heteroatoms. The van der Waals surface area contributed by atoms with Gasteiger partial charge in [-0.2, -0.15) is 0 Å². The van der Waals surface area contributed by atoms with Crippen molar-refractivity contribution in [2.45, 2.75) is 12.3 Å². The number of para-hydroxylation sites is 1. The first kappa shape index (κ1) is 35.3. The predicted octanol–water partition coefficient (Wildman–Crippen LogP) is 14.3. The smallest absolute Gasteiger partial charge is 0.133 e. The van der Waals surface area contributed by atoms with Crippen LogP contribution < -0.4 is 5.32 Å². The molecule has 3 nitrogen and oxygen atoms in total. The summed E-state index contributed by atoms with van der Waals surface area (Å²) in [5.41, 5.74) is 15.0. The number of nitrogens with one attached hydrogen (secondary N) is 1. The molecule has 8 aromatic carbocycles. The minimum atomic E-state index is 0.110. The maximum atomic E-state index is 12.3. The molecule has 0 aromatic heterocycles. The minimum absolute atomic E-state index is 0.110. The van der Waals surface area contributed by atoms with Gasteiger partial charge in [0.25, 0.3) is 0 Å². The van der Waals surface area contributed by atoms with E-state index in [1.54, 1.807) is 6.07 Å². The lowest BCUT2D eigenvalue weighted by Gasteiger charge is -2.20. The van der Waals surface area contributed by atoms with Gasteiger partial charge in [-0.1, -0.05) is 176 Å². The summed E-state index contributed by atoms with van der Waals surface area (Å²) in [5, 5.41) is 26.4. The van der Waals surface area contributed by atoms with Crippen LogP contribution in [-0.4, -0.2) is 10.2 Å². The standard InChI is InChI=1S/C54H41NO2/c56-52-24-10-9-22-48(52)45-20-12-18-43(36-45)40-29-31-46(32-30-40)55-51-34-33-49(41-15-5-2-6-16-41)54(57)53(51)50-23-8-7-21-47(50)44-19-11-17-42(35-44)39-27-25-38(26-28-39)37-13-3-1-4-14-37/h1-19,21-36,45,55-57H,20H2. The third-order valence-corrected chi connectivity index (χ3v) is 10.9. The van der Waals surface area contributed by atoms with E-state index in [0.717, 1.165) is 79.0 Å². The molecule has 0 radical (unpaired) electrons. The van der Waals surface area contributed by atoms with E-state index >= 15 is 0 Å². The molecule has 0 saturated heterocycles. The van der Waals surface area contributed by atoms with Crippen LogP contribution in [0.2, 0.25) is 0 Å². The Hall–Kier alpha value is -7.36. The van der Waals surface area contributed by atoms with Gasteiger partial charge in [0.2, 0.25) is 0 Å². The summed E-state index contributed by atoms with van der Waals surface area (Å²) in [7, 11) is 0. The van der Waals surface area contributed by atoms with Crippen LogP contribution in [0.5, 0.6) is 11.5 Å². The molecule has 0 saturated carbocycles. The summed E-state index contributed by atoms with van der Waals surface area (Å²) in [5.74, 6) is 0.655. The molecule has 274 valence electrons. The van der Waals surface area contributed by atoms with Gasteiger partial charge >= 0.3 is 0 Å². The van der Waals surface area contributed by atoms with Crippen LogP contribution in [-0.2, 0) is 0 Å². The van der Waals surface area contributed by atoms with Gasteiger partial charge in [-0.05, 0) is 98.5 Å². The van der Waals surface area contributed by atoms with Gasteiger partial charge in [0.1, 0.15) is 11.5 Å². The van der Waals surface area contributed by atoms with Gasteiger partial charge in [0.15, 0.2) is 0 Å². The van der Waals surface area contributed by atoms with Crippen LogP contribution in [0.3, 0.4) is 0 Å². The molecular formula is C54H41NO2. The first-order chi connectivity index (χ1) is 28.1. The monoisotopic (exact) mass is 735 g/mol. The zero-order valence-corrected chi connectivity index (χ0v) is 31.4. The Morgan fingerprint density at radius 2 is 1.02 bits per heavy atom. The summed E-state index contributed by atoms with van der Waals surface area (Å²) in [6.45, 7) is 0. The van der Waals surface area contributed by atoms with Crippen LogP contribution in [0.25, 0.3) is 61.2 Å². The lowest BCUT2D eigenvalue weighted by molar-refractivity contribution is 0.465. The Morgan fingerprint density at radius 1 is 0.439 bits per heavy atom. The van der Waals surface area contributed by atoms with Crippen molar-refractivity contribution in [3.8, 4) is 67.1 Å². The van der Waals surface area contributed by atoms with Crippen molar-refractivity contribution in [2.24, 2.45) is 0 Å². The zero-order chi connectivity index (χ0) is 38.6. The highest BCUT2D eigenvalue weighted by molar-refractivity contribution is 5.98. The molecule has 3 N–H and O–H groups in total. The van der Waals surface area contributed by atoms with Crippen LogP contribution in [0.4, 0.5) is 11.4 Å². The van der Waals surface area contributed by atoms with E-state index in [1.807, 2.05) is 66.7 Å². The molecule has 1 atom stereocenters. The summed E-state index contributed by atoms with van der Waals surface area (Å²) < 4.78 is 0. The predicted molar refractivity (Wildman–Crippen MR) is 238 cm³/mol. The van der Waals surface area contributed by atoms with E-state index in [2.05, 4.69) is 145 Å². The van der Waals surface area contributed by atoms with Gasteiger partial charge in [0, 0.05) is 28.3 Å². The number of hydrogen-bond acceptors (Lipinski definition) is 3. The average Bonchev–Trinajstić information content (AvgIpc) is 3.28. The second kappa shape index (κ2) is 15.8. The number of anilines is 2. The number of phenols is 2. The fourth-order valence-electron chi connectivity index (χ4n) is 7.92. The summed E-state index contributed by atoms with van der Waals surface area (Å²) in [6.07, 6.45) is 7.42. The van der Waals surface area contributed by atoms with Crippen molar-refractivity contribution in [3.05, 3.63) is 223 Å². The number of phenolic OH excluding ortho intramolecular Hbond substituents is 2. The molecule has 1 unspecified atom stereocenters. The number of benzene rings is 8. The van der Waals surface area contributed by atoms with E-state index in [4.69, 9.17) is 0 Å². The first-order valence-electron chi connectivity index (χ1n) is 19.4. The Bertz CT molecular complexity index is 2730. The molecule has 8 aromatic rings. The summed E-state index contributed by atoms with van der Waals surface area (Å²) in [6, 6.07) is 66.2. The van der Waals surface area contributed by atoms with Crippen LogP contribution in [0.15, 0.2) is 212 Å². The molecule has 57 heavy (non-hydrogen) atoms. The van der Waals surface area contributed by atoms with E-state index in [9.17, 15) is 10.2 Å². The summed E-state index contributed by atoms with van der Waals surface area (Å²) in [4.78, 5) is 0. The SMILES string of the molecule is Oc1ccccc1C1C=C(c2ccc(Nc3ccc(-c4ccccc4)c(O)c3-c3ccccc3-c3cccc(-c4ccc(-c5ccccc5)cc4)c3)cc2)C=CC1. The highest BCUT2D eigenvalue weighted by atomic mass is 16.3. The van der Waals surface area contributed by atoms with Gasteiger partial charge in [-0.3, -0.25) is 0 Å². The molecule has 0 bridgehead atoms. The van der Waals surface area contributed by atoms with Crippen molar-refractivity contribution in [2.75, 3.05) is 5.32 Å². The van der Waals surface area contributed by atoms with Crippen molar-refractivity contribution in [3.63, 3.8) is 0 Å². The largest absolute Gasteiger partial charge is 0.508 e. The molecular weight excluding hydrogens is 695 g/mol. The van der Waals surface area contributed by atoms with Gasteiger partial charge in [-0.25, -0.2) is 0 Å². The highest BCUT2D eigenvalue weighted by Crippen LogP contribution is 2.47. The van der Waals surface area contributed by atoms with E-state index < -0.39 is 0 Å². The van der Waals surface area contributed by atoms with Crippen LogP contribution in [0.1, 0.15) is 23.5 Å². The average molecular weight is 736 g/mol. The Labute approximate surface area is 334 Å². The van der Waals surface area contributed by atoms with E-state index in [0.29, 0.717) is 5.75 Å². The first-order valence-corrected chi connectivity index (χ1v) is 19.4. The molecule has 0 heterocycles. The molecule has 1 aliphatic rings. The second-order valence-electron chi connectivity index (χ2n) is 14.4. The number of aromatic hydroxyl groups is 2. The topological polar surface area (TPSA) is 52.5 Å².